The molecule has 0 unspecified atom stereocenters. The Kier molecular flexibility index (Phi) is 5.16. The number of nitrogens with two attached hydrogens (primary N) is 1. The molecule has 1 aromatic rings. The Labute approximate surface area is 116 Å². The van der Waals surface area contributed by atoms with Crippen molar-refractivity contribution in [1.29, 1.82) is 0 Å². The van der Waals surface area contributed by atoms with Crippen LogP contribution in [0.1, 0.15) is 30.1 Å². The van der Waals surface area contributed by atoms with E-state index in [-0.39, 0.29) is 21.2 Å². The van der Waals surface area contributed by atoms with E-state index in [0.29, 0.717) is 6.54 Å². The van der Waals surface area contributed by atoms with Crippen molar-refractivity contribution < 1.29 is 18.3 Å². The molecule has 6 nitrogen and oxygen atoms in total. The summed E-state index contributed by atoms with van der Waals surface area (Å²) in [6.45, 7) is 2.55. The number of carboxylic acid groups (broad SMARTS) is 1. The lowest BCUT2D eigenvalue weighted by atomic mass is 10.2. The van der Waals surface area contributed by atoms with E-state index in [9.17, 15) is 13.2 Å². The molecule has 1 rings (SSSR count). The van der Waals surface area contributed by atoms with E-state index in [4.69, 9.17) is 21.8 Å². The van der Waals surface area contributed by atoms with Gasteiger partial charge >= 0.3 is 5.97 Å². The minimum Gasteiger partial charge on any atom is -0.478 e. The zero-order valence-electron chi connectivity index (χ0n) is 10.3. The minimum absolute atomic E-state index is 0.0315. The molecule has 0 bridgehead atoms. The monoisotopic (exact) mass is 306 g/mol. The number of hydrogen-bond donors (Lipinski definition) is 3. The van der Waals surface area contributed by atoms with Crippen molar-refractivity contribution in [3.8, 4) is 0 Å². The summed E-state index contributed by atoms with van der Waals surface area (Å²) in [5.74, 6) is -1.31. The normalized spacial score (nSPS) is 11.3. The van der Waals surface area contributed by atoms with E-state index >= 15 is 0 Å². The van der Waals surface area contributed by atoms with Gasteiger partial charge in [0.15, 0.2) is 0 Å². The number of aromatic carboxylic acids is 1. The molecule has 0 aliphatic heterocycles. The number of carboxylic acids is 1. The summed E-state index contributed by atoms with van der Waals surface area (Å²) in [4.78, 5) is 10.8. The second kappa shape index (κ2) is 6.23. The van der Waals surface area contributed by atoms with Crippen LogP contribution in [-0.2, 0) is 10.0 Å². The van der Waals surface area contributed by atoms with Crippen LogP contribution in [0.4, 0.5) is 5.69 Å². The first-order chi connectivity index (χ1) is 8.77. The van der Waals surface area contributed by atoms with Gasteiger partial charge in [0.25, 0.3) is 0 Å². The van der Waals surface area contributed by atoms with Gasteiger partial charge in [-0.05, 0) is 18.6 Å². The van der Waals surface area contributed by atoms with E-state index in [2.05, 4.69) is 5.32 Å². The maximum atomic E-state index is 11.3. The van der Waals surface area contributed by atoms with Crippen molar-refractivity contribution in [1.82, 2.24) is 0 Å². The molecule has 0 aliphatic carbocycles. The fraction of sp³-hybridized carbons (Fsp3) is 0.364. The highest BCUT2D eigenvalue weighted by Crippen LogP contribution is 2.29. The Balaban J connectivity index is 3.28. The van der Waals surface area contributed by atoms with Crippen LogP contribution in [0, 0.1) is 0 Å². The zero-order chi connectivity index (χ0) is 14.6. The number of benzene rings is 1. The van der Waals surface area contributed by atoms with E-state index in [1.807, 2.05) is 6.92 Å². The number of rotatable bonds is 6. The van der Waals surface area contributed by atoms with Gasteiger partial charge in [0.2, 0.25) is 10.0 Å². The third-order valence-electron chi connectivity index (χ3n) is 2.45. The van der Waals surface area contributed by atoms with Gasteiger partial charge in [-0.1, -0.05) is 24.9 Å². The number of nitrogens with one attached hydrogen (secondary N) is 1. The highest BCUT2D eigenvalue weighted by molar-refractivity contribution is 7.89. The Morgan fingerprint density at radius 1 is 1.47 bits per heavy atom. The van der Waals surface area contributed by atoms with Crippen LogP contribution >= 0.6 is 11.6 Å². The first-order valence-corrected chi connectivity index (χ1v) is 7.53. The lowest BCUT2D eigenvalue weighted by Crippen LogP contribution is -2.15. The van der Waals surface area contributed by atoms with E-state index in [0.717, 1.165) is 18.9 Å². The second-order valence-corrected chi connectivity index (χ2v) is 5.90. The van der Waals surface area contributed by atoms with Crippen molar-refractivity contribution in [3.63, 3.8) is 0 Å². The molecule has 0 aromatic heterocycles. The maximum Gasteiger partial charge on any atom is 0.337 e. The van der Waals surface area contributed by atoms with Crippen molar-refractivity contribution in [3.05, 3.63) is 22.7 Å². The fourth-order valence-corrected chi connectivity index (χ4v) is 2.27. The van der Waals surface area contributed by atoms with Crippen molar-refractivity contribution in [2.75, 3.05) is 11.9 Å². The van der Waals surface area contributed by atoms with Gasteiger partial charge in [-0.3, -0.25) is 0 Å². The van der Waals surface area contributed by atoms with E-state index < -0.39 is 16.0 Å². The fourth-order valence-electron chi connectivity index (χ4n) is 1.45. The predicted octanol–water partition coefficient (Wildman–Crippen LogP) is 1.90. The Morgan fingerprint density at radius 2 is 2.11 bits per heavy atom. The minimum atomic E-state index is -3.99. The van der Waals surface area contributed by atoms with Crippen LogP contribution in [0.15, 0.2) is 17.0 Å². The van der Waals surface area contributed by atoms with Crippen molar-refractivity contribution >= 4 is 33.3 Å². The van der Waals surface area contributed by atoms with Gasteiger partial charge in [0.05, 0.1) is 21.2 Å². The van der Waals surface area contributed by atoms with Crippen LogP contribution in [0.5, 0.6) is 0 Å². The average molecular weight is 307 g/mol. The maximum absolute atomic E-state index is 11.3. The highest BCUT2D eigenvalue weighted by Gasteiger charge is 2.19. The van der Waals surface area contributed by atoms with Crippen LogP contribution in [0.2, 0.25) is 5.02 Å². The van der Waals surface area contributed by atoms with Crippen LogP contribution in [0.25, 0.3) is 0 Å². The van der Waals surface area contributed by atoms with Gasteiger partial charge in [-0.15, -0.1) is 0 Å². The lowest BCUT2D eigenvalue weighted by Gasteiger charge is -2.11. The SMILES string of the molecule is CCCCNc1cc(S(N)(=O)=O)cc(C(=O)O)c1Cl. The molecule has 0 spiro atoms. The number of unbranched alkanes of at least 4 members (excludes halogenated alkanes) is 1. The third-order valence-corrected chi connectivity index (χ3v) is 3.75. The summed E-state index contributed by atoms with van der Waals surface area (Å²) >= 11 is 5.93. The molecule has 106 valence electrons. The first-order valence-electron chi connectivity index (χ1n) is 5.61. The number of hydrogen-bond acceptors (Lipinski definition) is 4. The third kappa shape index (κ3) is 4.09. The van der Waals surface area contributed by atoms with Crippen LogP contribution < -0.4 is 10.5 Å². The second-order valence-electron chi connectivity index (χ2n) is 3.96. The summed E-state index contributed by atoms with van der Waals surface area (Å²) in [6, 6.07) is 2.19. The summed E-state index contributed by atoms with van der Waals surface area (Å²) in [5.41, 5.74) is -0.0498. The van der Waals surface area contributed by atoms with Crippen LogP contribution in [-0.4, -0.2) is 26.0 Å². The molecule has 0 saturated carbocycles. The number of sulfonamides is 1. The molecular weight excluding hydrogens is 292 g/mol. The molecule has 4 N–H and O–H groups in total. The summed E-state index contributed by atoms with van der Waals surface area (Å²) < 4.78 is 22.6. The summed E-state index contributed by atoms with van der Waals surface area (Å²) in [5, 5.41) is 16.9. The van der Waals surface area contributed by atoms with Gasteiger partial charge in [-0.25, -0.2) is 18.4 Å². The molecule has 8 heteroatoms. The summed E-state index contributed by atoms with van der Waals surface area (Å²) in [6.07, 6.45) is 1.78. The van der Waals surface area contributed by atoms with Crippen molar-refractivity contribution in [2.24, 2.45) is 5.14 Å². The Hall–Kier alpha value is -1.31. The van der Waals surface area contributed by atoms with Gasteiger partial charge in [0.1, 0.15) is 0 Å². The number of primary sulfonamides is 1. The molecule has 0 aliphatic rings. The number of halogens is 1. The van der Waals surface area contributed by atoms with Crippen molar-refractivity contribution in [2.45, 2.75) is 24.7 Å². The molecule has 0 saturated heterocycles. The number of carbonyl (C=O) groups is 1. The topological polar surface area (TPSA) is 109 Å². The Morgan fingerprint density at radius 3 is 2.58 bits per heavy atom. The molecule has 1 aromatic carbocycles. The standard InChI is InChI=1S/C11H15ClN2O4S/c1-2-3-4-14-9-6-7(19(13,17)18)5-8(10(9)12)11(15)16/h5-6,14H,2-4H2,1H3,(H,15,16)(H2,13,17,18). The average Bonchev–Trinajstić information content (AvgIpc) is 2.29. The van der Waals surface area contributed by atoms with E-state index in [1.54, 1.807) is 0 Å². The number of anilines is 1. The highest BCUT2D eigenvalue weighted by atomic mass is 35.5. The first kappa shape index (κ1) is 15.7. The predicted molar refractivity (Wildman–Crippen MR) is 73.2 cm³/mol. The lowest BCUT2D eigenvalue weighted by molar-refractivity contribution is 0.0697. The molecule has 0 fully saturated rings. The molecule has 0 amide bonds. The quantitative estimate of drug-likeness (QED) is 0.695. The Bertz CT molecular complexity index is 587. The molecule has 0 atom stereocenters. The molecule has 0 radical (unpaired) electrons. The van der Waals surface area contributed by atoms with Gasteiger partial charge < -0.3 is 10.4 Å². The molecule has 19 heavy (non-hydrogen) atoms. The van der Waals surface area contributed by atoms with E-state index in [1.165, 1.54) is 6.07 Å². The van der Waals surface area contributed by atoms with Crippen LogP contribution in [0.3, 0.4) is 0 Å². The molecule has 0 heterocycles. The zero-order valence-corrected chi connectivity index (χ0v) is 11.9. The van der Waals surface area contributed by atoms with Gasteiger partial charge in [0, 0.05) is 6.54 Å². The van der Waals surface area contributed by atoms with Gasteiger partial charge in [-0.2, -0.15) is 0 Å². The largest absolute Gasteiger partial charge is 0.478 e. The molecular formula is C11H15ClN2O4S. The smallest absolute Gasteiger partial charge is 0.337 e. The summed E-state index contributed by atoms with van der Waals surface area (Å²) in [7, 11) is -3.99.